The molecule has 0 atom stereocenters. The van der Waals surface area contributed by atoms with Crippen LogP contribution < -0.4 is 19.6 Å². The zero-order valence-corrected chi connectivity index (χ0v) is 53.2. The molecule has 0 radical (unpaired) electrons. The molecule has 2 bridgehead atoms. The Hall–Kier alpha value is -12.2. The molecule has 0 saturated heterocycles. The predicted octanol–water partition coefficient (Wildman–Crippen LogP) is 25.3. The molecular weight excluding hydrogens is 1160 g/mol. The molecule has 4 nitrogen and oxygen atoms in total. The van der Waals surface area contributed by atoms with Crippen LogP contribution in [-0.2, 0) is 0 Å². The van der Waals surface area contributed by atoms with E-state index in [0.29, 0.717) is 0 Å². The summed E-state index contributed by atoms with van der Waals surface area (Å²) >= 11 is 0. The molecule has 1 fully saturated rings. The van der Waals surface area contributed by atoms with Crippen molar-refractivity contribution < 1.29 is 0 Å². The second-order valence-electron chi connectivity index (χ2n) is 24.9. The summed E-state index contributed by atoms with van der Waals surface area (Å²) in [5.41, 5.74) is 26.0. The molecule has 0 spiro atoms. The summed E-state index contributed by atoms with van der Waals surface area (Å²) in [6, 6.07) is 137. The molecule has 0 amide bonds. The molecule has 458 valence electrons. The van der Waals surface area contributed by atoms with Crippen molar-refractivity contribution in [3.8, 4) is 11.1 Å². The molecule has 0 N–H and O–H groups in total. The van der Waals surface area contributed by atoms with Crippen molar-refractivity contribution in [2.45, 2.75) is 23.7 Å². The molecule has 0 unspecified atom stereocenters. The minimum absolute atomic E-state index is 0.166. The smallest absolute Gasteiger partial charge is 0.0462 e. The van der Waals surface area contributed by atoms with Crippen LogP contribution in [0.3, 0.4) is 0 Å². The van der Waals surface area contributed by atoms with E-state index in [1.807, 2.05) is 0 Å². The SMILES string of the molecule is C(=C/c1ccc2c(c1)-c1cc(/C=C\c3ccc(N(c4ccccc4)c4ccccc4)cc3)ccc1C1C(c3ccc(N(c4ccccc4)c4ccccc4)cc3)C2C1c1ccc(N(c2ccccc2)c2ccccc2)cc1)/c1ccc(N(c2ccccc2)c2ccccc2)cc1. The van der Waals surface area contributed by atoms with Crippen molar-refractivity contribution in [1.82, 2.24) is 0 Å². The van der Waals surface area contributed by atoms with E-state index in [2.05, 4.69) is 420 Å². The molecule has 0 aromatic heterocycles. The predicted molar refractivity (Wildman–Crippen MR) is 405 cm³/mol. The fraction of sp³-hybridized carbons (Fsp3) is 0.0435. The Balaban J connectivity index is 0.807. The lowest BCUT2D eigenvalue weighted by atomic mass is 9.50. The summed E-state index contributed by atoms with van der Waals surface area (Å²) in [5.74, 6) is 0.709. The molecule has 0 aliphatic heterocycles. The average molecular weight is 1230 g/mol. The first-order valence-corrected chi connectivity index (χ1v) is 33.3. The second-order valence-corrected chi connectivity index (χ2v) is 24.9. The molecule has 3 aliphatic carbocycles. The number of para-hydroxylation sites is 8. The quantitative estimate of drug-likeness (QED) is 0.0794. The number of hydrogen-bond acceptors (Lipinski definition) is 4. The van der Waals surface area contributed by atoms with Crippen molar-refractivity contribution in [2.24, 2.45) is 0 Å². The minimum Gasteiger partial charge on any atom is -0.311 e. The Bertz CT molecular complexity index is 4470. The van der Waals surface area contributed by atoms with Gasteiger partial charge in [0.05, 0.1) is 0 Å². The Kier molecular flexibility index (Phi) is 16.4. The van der Waals surface area contributed by atoms with E-state index in [0.717, 1.165) is 90.5 Å². The van der Waals surface area contributed by atoms with Crippen LogP contribution in [0, 0.1) is 0 Å². The number of nitrogens with zero attached hydrogens (tertiary/aromatic N) is 4. The van der Waals surface area contributed by atoms with Crippen LogP contribution in [-0.4, -0.2) is 0 Å². The zero-order valence-electron chi connectivity index (χ0n) is 53.2. The van der Waals surface area contributed by atoms with Crippen LogP contribution in [0.25, 0.3) is 35.4 Å². The van der Waals surface area contributed by atoms with Crippen LogP contribution in [0.4, 0.5) is 68.2 Å². The van der Waals surface area contributed by atoms with Crippen molar-refractivity contribution >= 4 is 92.6 Å². The third-order valence-electron chi connectivity index (χ3n) is 19.1. The first kappa shape index (κ1) is 58.8. The van der Waals surface area contributed by atoms with Gasteiger partial charge in [0.2, 0.25) is 0 Å². The molecule has 14 aromatic carbocycles. The van der Waals surface area contributed by atoms with Gasteiger partial charge in [-0.1, -0.05) is 243 Å². The number of rotatable bonds is 18. The van der Waals surface area contributed by atoms with Crippen LogP contribution in [0.15, 0.2) is 376 Å². The average Bonchev–Trinajstić information content (AvgIpc) is 1.48. The summed E-state index contributed by atoms with van der Waals surface area (Å²) in [7, 11) is 0. The highest BCUT2D eigenvalue weighted by molar-refractivity contribution is 5.86. The highest BCUT2D eigenvalue weighted by atomic mass is 15.2. The highest BCUT2D eigenvalue weighted by Gasteiger charge is 2.55. The van der Waals surface area contributed by atoms with Gasteiger partial charge in [-0.2, -0.15) is 0 Å². The maximum Gasteiger partial charge on any atom is 0.0462 e. The standard InChI is InChI=1S/C92H70N4/c1-9-25-73(26-10-1)93(74-27-11-2-12-28-74)81-55-45-67(46-56-81)41-43-69-49-63-85-87(65-69)88-66-70(44-42-68-47-57-82(58-48-68)94(75-29-13-3-14-30-75)76-31-15-4-16-32-76)50-64-86(88)92-89(71-51-59-83(60-52-71)95(77-33-17-5-18-34-77)78-35-19-6-20-36-78)91(85)90(92)72-53-61-84(62-54-72)96(79-37-21-7-22-38-79)80-39-23-8-24-40-80/h1-66,89-92H/b43-41-,44-42-. The molecule has 1 saturated carbocycles. The molecule has 14 aromatic rings. The fourth-order valence-corrected chi connectivity index (χ4v) is 14.7. The van der Waals surface area contributed by atoms with Gasteiger partial charge in [0.25, 0.3) is 0 Å². The maximum atomic E-state index is 2.47. The van der Waals surface area contributed by atoms with E-state index >= 15 is 0 Å². The lowest BCUT2D eigenvalue weighted by Crippen LogP contribution is -2.39. The molecule has 96 heavy (non-hydrogen) atoms. The van der Waals surface area contributed by atoms with E-state index in [-0.39, 0.29) is 23.7 Å². The normalized spacial score (nSPS) is 15.2. The van der Waals surface area contributed by atoms with E-state index in [1.165, 1.54) is 33.4 Å². The topological polar surface area (TPSA) is 13.0 Å². The van der Waals surface area contributed by atoms with Crippen molar-refractivity contribution in [3.05, 3.63) is 421 Å². The molecular formula is C92H70N4. The van der Waals surface area contributed by atoms with Gasteiger partial charge in [0.15, 0.2) is 0 Å². The molecule has 4 heteroatoms. The van der Waals surface area contributed by atoms with Crippen LogP contribution >= 0.6 is 0 Å². The van der Waals surface area contributed by atoms with Gasteiger partial charge in [-0.05, 0) is 237 Å². The monoisotopic (exact) mass is 1230 g/mol. The molecule has 3 aliphatic rings. The Labute approximate surface area is 564 Å². The van der Waals surface area contributed by atoms with E-state index in [4.69, 9.17) is 0 Å². The van der Waals surface area contributed by atoms with E-state index in [9.17, 15) is 0 Å². The summed E-state index contributed by atoms with van der Waals surface area (Å²) in [6.07, 6.45) is 9.12. The largest absolute Gasteiger partial charge is 0.311 e. The number of hydrogen-bond donors (Lipinski definition) is 0. The van der Waals surface area contributed by atoms with Crippen molar-refractivity contribution in [1.29, 1.82) is 0 Å². The van der Waals surface area contributed by atoms with Gasteiger partial charge >= 0.3 is 0 Å². The van der Waals surface area contributed by atoms with E-state index in [1.54, 1.807) is 0 Å². The number of benzene rings is 14. The maximum absolute atomic E-state index is 2.47. The van der Waals surface area contributed by atoms with Gasteiger partial charge in [-0.15, -0.1) is 0 Å². The third-order valence-corrected chi connectivity index (χ3v) is 19.1. The molecule has 0 heterocycles. The highest BCUT2D eigenvalue weighted by Crippen LogP contribution is 2.70. The fourth-order valence-electron chi connectivity index (χ4n) is 14.7. The second kappa shape index (κ2) is 26.8. The van der Waals surface area contributed by atoms with Gasteiger partial charge in [-0.3, -0.25) is 0 Å². The first-order valence-electron chi connectivity index (χ1n) is 33.3. The lowest BCUT2D eigenvalue weighted by molar-refractivity contribution is 0.233. The Morgan fingerprint density at radius 1 is 0.167 bits per heavy atom. The summed E-state index contributed by atoms with van der Waals surface area (Å²) in [5, 5.41) is 0. The summed E-state index contributed by atoms with van der Waals surface area (Å²) < 4.78 is 0. The lowest BCUT2D eigenvalue weighted by Gasteiger charge is -2.53. The zero-order chi connectivity index (χ0) is 64.0. The van der Waals surface area contributed by atoms with Crippen molar-refractivity contribution in [2.75, 3.05) is 19.6 Å². The third kappa shape index (κ3) is 11.9. The van der Waals surface area contributed by atoms with Crippen LogP contribution in [0.5, 0.6) is 0 Å². The van der Waals surface area contributed by atoms with Crippen LogP contribution in [0.1, 0.15) is 68.2 Å². The minimum atomic E-state index is 0.166. The van der Waals surface area contributed by atoms with Gasteiger partial charge in [0, 0.05) is 68.2 Å². The van der Waals surface area contributed by atoms with Gasteiger partial charge in [0.1, 0.15) is 0 Å². The van der Waals surface area contributed by atoms with E-state index < -0.39 is 0 Å². The summed E-state index contributed by atoms with van der Waals surface area (Å²) in [4.78, 5) is 9.35. The van der Waals surface area contributed by atoms with Crippen molar-refractivity contribution in [3.63, 3.8) is 0 Å². The Morgan fingerprint density at radius 3 is 0.583 bits per heavy atom. The van der Waals surface area contributed by atoms with Gasteiger partial charge in [-0.25, -0.2) is 0 Å². The summed E-state index contributed by atoms with van der Waals surface area (Å²) in [6.45, 7) is 0. The Morgan fingerprint density at radius 2 is 0.354 bits per heavy atom. The number of anilines is 12. The molecule has 17 rings (SSSR count). The first-order chi connectivity index (χ1) is 47.6. The van der Waals surface area contributed by atoms with Gasteiger partial charge < -0.3 is 19.6 Å². The van der Waals surface area contributed by atoms with Crippen LogP contribution in [0.2, 0.25) is 0 Å².